The molecule has 1 N–H and O–H groups in total. The number of halogens is 1. The van der Waals surface area contributed by atoms with Gasteiger partial charge in [0.1, 0.15) is 5.82 Å². The third-order valence-corrected chi connectivity index (χ3v) is 4.14. The highest BCUT2D eigenvalue weighted by molar-refractivity contribution is 5.29. The lowest BCUT2D eigenvalue weighted by atomic mass is 10.1. The fraction of sp³-hybridized carbons (Fsp3) is 0.438. The minimum Gasteiger partial charge on any atom is -0.494 e. The molecule has 2 heterocycles. The van der Waals surface area contributed by atoms with Gasteiger partial charge in [-0.25, -0.2) is 9.37 Å². The van der Waals surface area contributed by atoms with Gasteiger partial charge in [-0.3, -0.25) is 4.90 Å². The van der Waals surface area contributed by atoms with Crippen molar-refractivity contribution in [3.05, 3.63) is 47.8 Å². The number of benzene rings is 1. The topological polar surface area (TPSA) is 50.4 Å². The number of hydrogen-bond donors (Lipinski definition) is 1. The zero-order valence-corrected chi connectivity index (χ0v) is 12.8. The summed E-state index contributed by atoms with van der Waals surface area (Å²) in [4.78, 5) is 9.78. The molecule has 1 aromatic heterocycles. The molecule has 0 amide bonds. The van der Waals surface area contributed by atoms with Crippen LogP contribution in [0, 0.1) is 5.82 Å². The van der Waals surface area contributed by atoms with E-state index in [4.69, 9.17) is 9.47 Å². The van der Waals surface area contributed by atoms with Gasteiger partial charge in [-0.15, -0.1) is 0 Å². The molecule has 3 rings (SSSR count). The van der Waals surface area contributed by atoms with Crippen LogP contribution in [0.15, 0.2) is 30.6 Å². The quantitative estimate of drug-likeness (QED) is 0.922. The van der Waals surface area contributed by atoms with Gasteiger partial charge in [0.05, 0.1) is 19.3 Å². The van der Waals surface area contributed by atoms with Crippen LogP contribution in [0.25, 0.3) is 0 Å². The predicted molar refractivity (Wildman–Crippen MR) is 80.1 cm³/mol. The first kappa shape index (κ1) is 15.0. The monoisotopic (exact) mass is 305 g/mol. The molecule has 6 heteroatoms. The van der Waals surface area contributed by atoms with E-state index >= 15 is 0 Å². The largest absolute Gasteiger partial charge is 0.494 e. The van der Waals surface area contributed by atoms with E-state index in [2.05, 4.69) is 14.9 Å². The molecule has 1 saturated heterocycles. The van der Waals surface area contributed by atoms with Crippen molar-refractivity contribution in [1.82, 2.24) is 14.9 Å². The van der Waals surface area contributed by atoms with Gasteiger partial charge >= 0.3 is 0 Å². The molecule has 0 aliphatic carbocycles. The Labute approximate surface area is 129 Å². The van der Waals surface area contributed by atoms with Gasteiger partial charge in [-0.1, -0.05) is 6.07 Å². The summed E-state index contributed by atoms with van der Waals surface area (Å²) in [7, 11) is 3.19. The Bertz CT molecular complexity index is 618. The third-order valence-electron chi connectivity index (χ3n) is 4.14. The van der Waals surface area contributed by atoms with E-state index in [-0.39, 0.29) is 23.7 Å². The van der Waals surface area contributed by atoms with Gasteiger partial charge in [-0.2, -0.15) is 0 Å². The van der Waals surface area contributed by atoms with Crippen LogP contribution in [0.2, 0.25) is 0 Å². The molecule has 2 atom stereocenters. The van der Waals surface area contributed by atoms with Gasteiger partial charge in [-0.05, 0) is 24.1 Å². The van der Waals surface area contributed by atoms with Gasteiger partial charge in [0.2, 0.25) is 0 Å². The van der Waals surface area contributed by atoms with Crippen molar-refractivity contribution >= 4 is 0 Å². The summed E-state index contributed by atoms with van der Waals surface area (Å²) in [5.74, 6) is 0.855. The Morgan fingerprint density at radius 2 is 2.27 bits per heavy atom. The SMILES string of the molecule is COc1ccc(CN2C[C@H](OC)CC2c2ncc[nH]2)cc1F. The number of hydrogen-bond acceptors (Lipinski definition) is 4. The van der Waals surface area contributed by atoms with Crippen LogP contribution in [-0.4, -0.2) is 41.7 Å². The lowest BCUT2D eigenvalue weighted by Crippen LogP contribution is -2.25. The van der Waals surface area contributed by atoms with Crippen molar-refractivity contribution in [3.8, 4) is 5.75 Å². The van der Waals surface area contributed by atoms with Crippen molar-refractivity contribution < 1.29 is 13.9 Å². The first-order valence-corrected chi connectivity index (χ1v) is 7.29. The van der Waals surface area contributed by atoms with Crippen molar-refractivity contribution in [2.45, 2.75) is 25.1 Å². The number of methoxy groups -OCH3 is 2. The van der Waals surface area contributed by atoms with Crippen LogP contribution in [0.1, 0.15) is 23.9 Å². The molecule has 118 valence electrons. The number of imidazole rings is 1. The molecular formula is C16H20FN3O2. The second-order valence-corrected chi connectivity index (χ2v) is 5.48. The number of aromatic amines is 1. The molecule has 1 aromatic carbocycles. The van der Waals surface area contributed by atoms with Crippen LogP contribution in [0.5, 0.6) is 5.75 Å². The van der Waals surface area contributed by atoms with Crippen molar-refractivity contribution in [2.75, 3.05) is 20.8 Å². The summed E-state index contributed by atoms with van der Waals surface area (Å²) in [6, 6.07) is 5.24. The van der Waals surface area contributed by atoms with Gasteiger partial charge < -0.3 is 14.5 Å². The Balaban J connectivity index is 1.78. The first-order chi connectivity index (χ1) is 10.7. The fourth-order valence-corrected chi connectivity index (χ4v) is 2.99. The van der Waals surface area contributed by atoms with Crippen LogP contribution in [-0.2, 0) is 11.3 Å². The Hall–Kier alpha value is -1.92. The van der Waals surface area contributed by atoms with Crippen LogP contribution in [0.4, 0.5) is 4.39 Å². The smallest absolute Gasteiger partial charge is 0.165 e. The maximum Gasteiger partial charge on any atom is 0.165 e. The van der Waals surface area contributed by atoms with Crippen LogP contribution in [0.3, 0.4) is 0 Å². The summed E-state index contributed by atoms with van der Waals surface area (Å²) < 4.78 is 24.3. The highest BCUT2D eigenvalue weighted by Crippen LogP contribution is 2.33. The normalized spacial score (nSPS) is 22.1. The summed E-state index contributed by atoms with van der Waals surface area (Å²) in [6.45, 7) is 1.45. The molecular weight excluding hydrogens is 285 g/mol. The fourth-order valence-electron chi connectivity index (χ4n) is 2.99. The molecule has 0 bridgehead atoms. The zero-order valence-electron chi connectivity index (χ0n) is 12.8. The molecule has 1 fully saturated rings. The van der Waals surface area contributed by atoms with E-state index in [0.717, 1.165) is 24.4 Å². The van der Waals surface area contributed by atoms with Crippen LogP contribution < -0.4 is 4.74 Å². The highest BCUT2D eigenvalue weighted by Gasteiger charge is 2.34. The van der Waals surface area contributed by atoms with E-state index in [0.29, 0.717) is 6.54 Å². The maximum absolute atomic E-state index is 13.9. The molecule has 0 radical (unpaired) electrons. The summed E-state index contributed by atoms with van der Waals surface area (Å²) in [6.07, 6.45) is 4.61. The van der Waals surface area contributed by atoms with Gasteiger partial charge in [0, 0.05) is 32.6 Å². The van der Waals surface area contributed by atoms with E-state index < -0.39 is 0 Å². The number of aromatic nitrogens is 2. The molecule has 5 nitrogen and oxygen atoms in total. The van der Waals surface area contributed by atoms with E-state index in [9.17, 15) is 4.39 Å². The standard InChI is InChI=1S/C16H20FN3O2/c1-21-12-8-14(16-18-5-6-19-16)20(10-12)9-11-3-4-15(22-2)13(17)7-11/h3-7,12,14H,8-10H2,1-2H3,(H,18,19)/t12-,14?/m1/s1. The van der Waals surface area contributed by atoms with Crippen LogP contribution >= 0.6 is 0 Å². The average Bonchev–Trinajstić information content (AvgIpc) is 3.16. The average molecular weight is 305 g/mol. The number of nitrogens with zero attached hydrogens (tertiary/aromatic N) is 2. The van der Waals surface area contributed by atoms with E-state index in [1.54, 1.807) is 19.4 Å². The third kappa shape index (κ3) is 2.98. The van der Waals surface area contributed by atoms with Crippen molar-refractivity contribution in [3.63, 3.8) is 0 Å². The molecule has 1 unspecified atom stereocenters. The van der Waals surface area contributed by atoms with Crippen molar-refractivity contribution in [2.24, 2.45) is 0 Å². The number of ether oxygens (including phenoxy) is 2. The zero-order chi connectivity index (χ0) is 15.5. The van der Waals surface area contributed by atoms with E-state index in [1.165, 1.54) is 13.2 Å². The molecule has 0 spiro atoms. The second-order valence-electron chi connectivity index (χ2n) is 5.48. The Kier molecular flexibility index (Phi) is 4.40. The predicted octanol–water partition coefficient (Wildman–Crippen LogP) is 2.52. The minimum atomic E-state index is -0.336. The molecule has 2 aromatic rings. The van der Waals surface area contributed by atoms with Gasteiger partial charge in [0.25, 0.3) is 0 Å². The Morgan fingerprint density at radius 1 is 1.41 bits per heavy atom. The maximum atomic E-state index is 13.9. The molecule has 0 saturated carbocycles. The highest BCUT2D eigenvalue weighted by atomic mass is 19.1. The van der Waals surface area contributed by atoms with E-state index in [1.807, 2.05) is 12.3 Å². The number of H-pyrrole nitrogens is 1. The Morgan fingerprint density at radius 3 is 2.91 bits per heavy atom. The second kappa shape index (κ2) is 6.46. The first-order valence-electron chi connectivity index (χ1n) is 7.29. The lowest BCUT2D eigenvalue weighted by molar-refractivity contribution is 0.107. The lowest BCUT2D eigenvalue weighted by Gasteiger charge is -2.22. The molecule has 1 aliphatic rings. The summed E-state index contributed by atoms with van der Waals surface area (Å²) in [5, 5.41) is 0. The number of likely N-dealkylation sites (tertiary alicyclic amines) is 1. The molecule has 22 heavy (non-hydrogen) atoms. The minimum absolute atomic E-state index is 0.158. The summed E-state index contributed by atoms with van der Waals surface area (Å²) in [5.41, 5.74) is 0.909. The number of rotatable bonds is 5. The summed E-state index contributed by atoms with van der Waals surface area (Å²) >= 11 is 0. The number of nitrogens with one attached hydrogen (secondary N) is 1. The van der Waals surface area contributed by atoms with Crippen molar-refractivity contribution in [1.29, 1.82) is 0 Å². The molecule has 1 aliphatic heterocycles. The van der Waals surface area contributed by atoms with Gasteiger partial charge in [0.15, 0.2) is 11.6 Å².